The standard InChI is InChI=1S/C10H18N4/c1-9(5-12-10(2,3)4)6-14-8-11-7-13-14/h7-8,12H,1,5-6H2,2-4H3. The summed E-state index contributed by atoms with van der Waals surface area (Å²) in [6.45, 7) is 11.9. The molecular weight excluding hydrogens is 176 g/mol. The monoisotopic (exact) mass is 194 g/mol. The largest absolute Gasteiger partial charge is 0.308 e. The Morgan fingerprint density at radius 2 is 2.21 bits per heavy atom. The average Bonchev–Trinajstić information content (AvgIpc) is 2.52. The molecule has 0 aliphatic carbocycles. The minimum Gasteiger partial charge on any atom is -0.308 e. The van der Waals surface area contributed by atoms with Crippen molar-refractivity contribution in [1.82, 2.24) is 20.1 Å². The molecule has 1 aromatic heterocycles. The van der Waals surface area contributed by atoms with Gasteiger partial charge in [-0.2, -0.15) is 5.10 Å². The lowest BCUT2D eigenvalue weighted by molar-refractivity contribution is 0.438. The molecule has 0 saturated carbocycles. The van der Waals surface area contributed by atoms with Gasteiger partial charge in [0, 0.05) is 12.1 Å². The maximum atomic E-state index is 4.02. The lowest BCUT2D eigenvalue weighted by atomic mass is 10.1. The first-order valence-corrected chi connectivity index (χ1v) is 4.71. The van der Waals surface area contributed by atoms with Gasteiger partial charge < -0.3 is 5.32 Å². The summed E-state index contributed by atoms with van der Waals surface area (Å²) in [7, 11) is 0. The van der Waals surface area contributed by atoms with Gasteiger partial charge >= 0.3 is 0 Å². The van der Waals surface area contributed by atoms with E-state index in [-0.39, 0.29) is 5.54 Å². The lowest BCUT2D eigenvalue weighted by Crippen LogP contribution is -2.37. The van der Waals surface area contributed by atoms with E-state index in [0.29, 0.717) is 0 Å². The van der Waals surface area contributed by atoms with Crippen LogP contribution in [0, 0.1) is 0 Å². The molecule has 0 atom stereocenters. The summed E-state index contributed by atoms with van der Waals surface area (Å²) in [6, 6.07) is 0. The van der Waals surface area contributed by atoms with Gasteiger partial charge in [0.15, 0.2) is 0 Å². The molecule has 0 amide bonds. The van der Waals surface area contributed by atoms with E-state index in [1.54, 1.807) is 11.0 Å². The third-order valence-electron chi connectivity index (χ3n) is 1.72. The quantitative estimate of drug-likeness (QED) is 0.733. The molecule has 78 valence electrons. The molecule has 0 bridgehead atoms. The Balaban J connectivity index is 2.30. The zero-order chi connectivity index (χ0) is 10.6. The first-order chi connectivity index (χ1) is 6.47. The van der Waals surface area contributed by atoms with E-state index in [4.69, 9.17) is 0 Å². The van der Waals surface area contributed by atoms with Crippen LogP contribution in [0.1, 0.15) is 20.8 Å². The van der Waals surface area contributed by atoms with Crippen molar-refractivity contribution in [2.24, 2.45) is 0 Å². The average molecular weight is 194 g/mol. The van der Waals surface area contributed by atoms with Crippen molar-refractivity contribution in [2.45, 2.75) is 32.9 Å². The van der Waals surface area contributed by atoms with Gasteiger partial charge in [-0.25, -0.2) is 9.67 Å². The van der Waals surface area contributed by atoms with E-state index in [1.807, 2.05) is 0 Å². The van der Waals surface area contributed by atoms with Gasteiger partial charge in [-0.05, 0) is 26.3 Å². The first-order valence-electron chi connectivity index (χ1n) is 4.71. The van der Waals surface area contributed by atoms with E-state index < -0.39 is 0 Å². The predicted octanol–water partition coefficient (Wildman–Crippen LogP) is 1.22. The van der Waals surface area contributed by atoms with E-state index in [1.165, 1.54) is 6.33 Å². The third kappa shape index (κ3) is 4.18. The molecule has 0 unspecified atom stereocenters. The number of hydrogen-bond donors (Lipinski definition) is 1. The van der Waals surface area contributed by atoms with E-state index in [0.717, 1.165) is 18.7 Å². The van der Waals surface area contributed by atoms with Crippen molar-refractivity contribution in [1.29, 1.82) is 0 Å². The molecule has 14 heavy (non-hydrogen) atoms. The van der Waals surface area contributed by atoms with Crippen LogP contribution < -0.4 is 5.32 Å². The van der Waals surface area contributed by atoms with Crippen LogP contribution in [0.25, 0.3) is 0 Å². The highest BCUT2D eigenvalue weighted by Gasteiger charge is 2.08. The third-order valence-corrected chi connectivity index (χ3v) is 1.72. The Morgan fingerprint density at radius 1 is 1.50 bits per heavy atom. The zero-order valence-corrected chi connectivity index (χ0v) is 9.12. The van der Waals surface area contributed by atoms with Crippen molar-refractivity contribution < 1.29 is 0 Å². The molecule has 0 aromatic carbocycles. The fourth-order valence-electron chi connectivity index (χ4n) is 0.990. The lowest BCUT2D eigenvalue weighted by Gasteiger charge is -2.21. The second kappa shape index (κ2) is 4.37. The summed E-state index contributed by atoms with van der Waals surface area (Å²) in [5.74, 6) is 0. The molecule has 1 aromatic rings. The Hall–Kier alpha value is -1.16. The summed E-state index contributed by atoms with van der Waals surface area (Å²) in [5, 5.41) is 7.39. The van der Waals surface area contributed by atoms with Crippen LogP contribution in [0.5, 0.6) is 0 Å². The Labute approximate surface area is 85.0 Å². The van der Waals surface area contributed by atoms with Crippen molar-refractivity contribution >= 4 is 0 Å². The van der Waals surface area contributed by atoms with Crippen LogP contribution in [-0.2, 0) is 6.54 Å². The van der Waals surface area contributed by atoms with Gasteiger partial charge in [0.25, 0.3) is 0 Å². The van der Waals surface area contributed by atoms with Gasteiger partial charge in [0.2, 0.25) is 0 Å². The van der Waals surface area contributed by atoms with Crippen LogP contribution in [0.2, 0.25) is 0 Å². The number of hydrogen-bond acceptors (Lipinski definition) is 3. The maximum Gasteiger partial charge on any atom is 0.137 e. The predicted molar refractivity (Wildman–Crippen MR) is 56.9 cm³/mol. The topological polar surface area (TPSA) is 42.7 Å². The molecule has 0 aliphatic heterocycles. The van der Waals surface area contributed by atoms with Crippen LogP contribution in [0.15, 0.2) is 24.8 Å². The maximum absolute atomic E-state index is 4.02. The zero-order valence-electron chi connectivity index (χ0n) is 9.12. The smallest absolute Gasteiger partial charge is 0.137 e. The van der Waals surface area contributed by atoms with Crippen molar-refractivity contribution in [2.75, 3.05) is 6.54 Å². The minimum absolute atomic E-state index is 0.130. The Kier molecular flexibility index (Phi) is 3.41. The number of rotatable bonds is 4. The van der Waals surface area contributed by atoms with E-state index >= 15 is 0 Å². The molecule has 0 aliphatic rings. The summed E-state index contributed by atoms with van der Waals surface area (Å²) >= 11 is 0. The summed E-state index contributed by atoms with van der Waals surface area (Å²) in [6.07, 6.45) is 3.23. The Bertz CT molecular complexity index is 282. The van der Waals surface area contributed by atoms with Gasteiger partial charge in [-0.3, -0.25) is 0 Å². The molecule has 4 nitrogen and oxygen atoms in total. The molecule has 1 N–H and O–H groups in total. The normalized spacial score (nSPS) is 11.6. The second-order valence-corrected chi connectivity index (χ2v) is 4.45. The SMILES string of the molecule is C=C(CNC(C)(C)C)Cn1cncn1. The van der Waals surface area contributed by atoms with Crippen LogP contribution in [-0.4, -0.2) is 26.8 Å². The second-order valence-electron chi connectivity index (χ2n) is 4.45. The number of nitrogens with zero attached hydrogens (tertiary/aromatic N) is 3. The highest BCUT2D eigenvalue weighted by Crippen LogP contribution is 2.01. The summed E-state index contributed by atoms with van der Waals surface area (Å²) < 4.78 is 1.77. The highest BCUT2D eigenvalue weighted by atomic mass is 15.3. The van der Waals surface area contributed by atoms with Gasteiger partial charge in [0.05, 0.1) is 6.54 Å². The van der Waals surface area contributed by atoms with Gasteiger partial charge in [-0.15, -0.1) is 0 Å². The molecule has 4 heteroatoms. The fourth-order valence-corrected chi connectivity index (χ4v) is 0.990. The molecular formula is C10H18N4. The van der Waals surface area contributed by atoms with E-state index in [2.05, 4.69) is 42.7 Å². The van der Waals surface area contributed by atoms with Gasteiger partial charge in [-0.1, -0.05) is 6.58 Å². The molecule has 0 spiro atoms. The molecule has 0 saturated heterocycles. The molecule has 0 fully saturated rings. The molecule has 1 rings (SSSR count). The van der Waals surface area contributed by atoms with Crippen LogP contribution in [0.4, 0.5) is 0 Å². The Morgan fingerprint density at radius 3 is 2.71 bits per heavy atom. The van der Waals surface area contributed by atoms with E-state index in [9.17, 15) is 0 Å². The summed E-state index contributed by atoms with van der Waals surface area (Å²) in [5.41, 5.74) is 1.23. The fraction of sp³-hybridized carbons (Fsp3) is 0.600. The number of aromatic nitrogens is 3. The highest BCUT2D eigenvalue weighted by molar-refractivity contribution is 4.97. The molecule has 0 radical (unpaired) electrons. The first kappa shape index (κ1) is 10.9. The van der Waals surface area contributed by atoms with Crippen molar-refractivity contribution in [3.63, 3.8) is 0 Å². The minimum atomic E-state index is 0.130. The van der Waals surface area contributed by atoms with Crippen LogP contribution >= 0.6 is 0 Å². The van der Waals surface area contributed by atoms with Crippen molar-refractivity contribution in [3.05, 3.63) is 24.8 Å². The van der Waals surface area contributed by atoms with Crippen LogP contribution in [0.3, 0.4) is 0 Å². The van der Waals surface area contributed by atoms with Gasteiger partial charge in [0.1, 0.15) is 12.7 Å². The molecule has 1 heterocycles. The summed E-state index contributed by atoms with van der Waals surface area (Å²) in [4.78, 5) is 3.87. The number of nitrogens with one attached hydrogen (secondary N) is 1. The van der Waals surface area contributed by atoms with Crippen molar-refractivity contribution in [3.8, 4) is 0 Å².